The Morgan fingerprint density at radius 3 is 0.875 bits per heavy atom. The Morgan fingerprint density at radius 1 is 0.500 bits per heavy atom. The number of aliphatic hydroxyl groups excluding tert-OH is 2. The third kappa shape index (κ3) is 7.84. The fourth-order valence-corrected chi connectivity index (χ4v) is 9.39. The average Bonchev–Trinajstić information content (AvgIpc) is 2.99. The Morgan fingerprint density at radius 2 is 0.700 bits per heavy atom. The van der Waals surface area contributed by atoms with Crippen molar-refractivity contribution in [3.05, 3.63) is 121 Å². The van der Waals surface area contributed by atoms with Gasteiger partial charge in [-0.25, -0.2) is 0 Å². The van der Waals surface area contributed by atoms with Gasteiger partial charge in [0.25, 0.3) is 0 Å². The second-order valence-electron chi connectivity index (χ2n) is 9.42. The van der Waals surface area contributed by atoms with Gasteiger partial charge in [-0.1, -0.05) is 121 Å². The molecule has 2 atom stereocenters. The molecule has 0 unspecified atom stereocenters. The fraction of sp³-hybridized carbons (Fsp3) is 0.188. The summed E-state index contributed by atoms with van der Waals surface area (Å²) in [7, 11) is -6.09. The van der Waals surface area contributed by atoms with Gasteiger partial charge >= 0.3 is 0 Å². The topological polar surface area (TPSA) is 109 Å². The van der Waals surface area contributed by atoms with Crippen LogP contribution in [-0.4, -0.2) is 46.3 Å². The van der Waals surface area contributed by atoms with Crippen molar-refractivity contribution in [2.24, 2.45) is 0 Å². The maximum Gasteiger partial charge on any atom is 0.168 e. The SMILES string of the molecule is C[C@@H](O)C(=O)CP(=O)(c1ccccc1)c1ccccc1.C[C@@H](O)C(=O)CP(=O)(c1ccccc1)c1ccccc1. The lowest BCUT2D eigenvalue weighted by Crippen LogP contribution is -2.27. The van der Waals surface area contributed by atoms with Gasteiger partial charge in [0.2, 0.25) is 0 Å². The number of carbonyl (C=O) groups is 2. The Bertz CT molecular complexity index is 1270. The number of aliphatic hydroxyl groups is 2. The number of rotatable bonds is 10. The maximum absolute atomic E-state index is 13.4. The number of benzene rings is 4. The van der Waals surface area contributed by atoms with Crippen LogP contribution in [0, 0.1) is 0 Å². The van der Waals surface area contributed by atoms with Crippen molar-refractivity contribution in [1.82, 2.24) is 0 Å². The summed E-state index contributed by atoms with van der Waals surface area (Å²) in [5, 5.41) is 21.4. The van der Waals surface area contributed by atoms with E-state index < -0.39 is 38.1 Å². The molecule has 4 rings (SSSR count). The predicted octanol–water partition coefficient (Wildman–Crippen LogP) is 3.90. The quantitative estimate of drug-likeness (QED) is 0.277. The van der Waals surface area contributed by atoms with Crippen LogP contribution in [0.2, 0.25) is 0 Å². The van der Waals surface area contributed by atoms with Crippen molar-refractivity contribution in [1.29, 1.82) is 0 Å². The summed E-state index contributed by atoms with van der Waals surface area (Å²) < 4.78 is 26.8. The molecule has 6 nitrogen and oxygen atoms in total. The van der Waals surface area contributed by atoms with Gasteiger partial charge in [0.05, 0.1) is 12.3 Å². The highest BCUT2D eigenvalue weighted by atomic mass is 31.2. The number of carbonyl (C=O) groups excluding carboxylic acids is 2. The average molecular weight is 577 g/mol. The maximum atomic E-state index is 13.4. The standard InChI is InChI=1S/2C16H17O3P/c2*1-13(17)16(18)12-20(19,14-8-4-2-5-9-14)15-10-6-3-7-11-15/h2*2-11,13,17H,12H2,1H3/t2*13-/m11/s1. The van der Waals surface area contributed by atoms with Crippen LogP contribution in [0.4, 0.5) is 0 Å². The number of Topliss-reactive ketones (excluding diaryl/α,β-unsaturated/α-hetero) is 2. The van der Waals surface area contributed by atoms with E-state index in [0.717, 1.165) is 0 Å². The molecule has 0 fully saturated rings. The number of hydrogen-bond acceptors (Lipinski definition) is 6. The molecular formula is C32H34O6P2. The highest BCUT2D eigenvalue weighted by molar-refractivity contribution is 7.79. The molecule has 0 bridgehead atoms. The van der Waals surface area contributed by atoms with Gasteiger partial charge in [-0.2, -0.15) is 0 Å². The minimum atomic E-state index is -3.04. The van der Waals surface area contributed by atoms with Gasteiger partial charge < -0.3 is 19.3 Å². The second-order valence-corrected chi connectivity index (χ2v) is 15.1. The normalized spacial score (nSPS) is 12.9. The summed E-state index contributed by atoms with van der Waals surface area (Å²) in [6, 6.07) is 35.9. The molecule has 0 aliphatic heterocycles. The summed E-state index contributed by atoms with van der Waals surface area (Å²) >= 11 is 0. The molecule has 4 aromatic rings. The van der Waals surface area contributed by atoms with E-state index in [0.29, 0.717) is 21.2 Å². The van der Waals surface area contributed by atoms with Crippen LogP contribution in [0.25, 0.3) is 0 Å². The summed E-state index contributed by atoms with van der Waals surface area (Å²) in [6.45, 7) is 2.81. The molecule has 8 heteroatoms. The van der Waals surface area contributed by atoms with Crippen LogP contribution in [0.15, 0.2) is 121 Å². The first-order valence-electron chi connectivity index (χ1n) is 12.9. The Hall–Kier alpha value is -3.40. The van der Waals surface area contributed by atoms with Crippen LogP contribution in [0.5, 0.6) is 0 Å². The number of hydrogen-bond donors (Lipinski definition) is 2. The van der Waals surface area contributed by atoms with E-state index in [2.05, 4.69) is 0 Å². The van der Waals surface area contributed by atoms with Crippen molar-refractivity contribution in [2.45, 2.75) is 26.1 Å². The molecule has 0 aliphatic carbocycles. The van der Waals surface area contributed by atoms with Gasteiger partial charge in [0.1, 0.15) is 26.5 Å². The van der Waals surface area contributed by atoms with E-state index in [1.165, 1.54) is 13.8 Å². The lowest BCUT2D eigenvalue weighted by molar-refractivity contribution is -0.124. The van der Waals surface area contributed by atoms with E-state index in [1.54, 1.807) is 97.1 Å². The summed E-state index contributed by atoms with van der Waals surface area (Å²) in [5.74, 6) is -0.804. The van der Waals surface area contributed by atoms with Gasteiger partial charge in [-0.3, -0.25) is 9.59 Å². The molecule has 0 amide bonds. The van der Waals surface area contributed by atoms with Gasteiger partial charge in [0, 0.05) is 21.2 Å². The van der Waals surface area contributed by atoms with Crippen molar-refractivity contribution in [3.63, 3.8) is 0 Å². The highest BCUT2D eigenvalue weighted by Gasteiger charge is 2.32. The summed E-state index contributed by atoms with van der Waals surface area (Å²) in [4.78, 5) is 23.8. The molecular weight excluding hydrogens is 542 g/mol. The molecule has 0 spiro atoms. The largest absolute Gasteiger partial charge is 0.386 e. The molecule has 4 aromatic carbocycles. The van der Waals surface area contributed by atoms with Crippen LogP contribution >= 0.6 is 14.3 Å². The van der Waals surface area contributed by atoms with Crippen LogP contribution < -0.4 is 21.2 Å². The molecule has 0 aliphatic rings. The van der Waals surface area contributed by atoms with E-state index in [9.17, 15) is 28.9 Å². The smallest absolute Gasteiger partial charge is 0.168 e. The molecule has 0 aromatic heterocycles. The Kier molecular flexibility index (Phi) is 11.1. The molecule has 0 saturated heterocycles. The van der Waals surface area contributed by atoms with Crippen LogP contribution in [0.3, 0.4) is 0 Å². The molecule has 0 saturated carbocycles. The third-order valence-corrected chi connectivity index (χ3v) is 12.4. The molecule has 0 heterocycles. The Labute approximate surface area is 235 Å². The zero-order chi connectivity index (χ0) is 29.2. The first kappa shape index (κ1) is 31.1. The zero-order valence-corrected chi connectivity index (χ0v) is 24.3. The van der Waals surface area contributed by atoms with E-state index >= 15 is 0 Å². The molecule has 0 radical (unpaired) electrons. The third-order valence-electron chi connectivity index (χ3n) is 6.38. The van der Waals surface area contributed by atoms with Crippen LogP contribution in [0.1, 0.15) is 13.8 Å². The minimum Gasteiger partial charge on any atom is -0.386 e. The summed E-state index contributed by atoms with van der Waals surface area (Å²) in [6.07, 6.45) is -2.51. The lowest BCUT2D eigenvalue weighted by atomic mass is 10.3. The minimum absolute atomic E-state index is 0.154. The first-order chi connectivity index (χ1) is 19.1. The monoisotopic (exact) mass is 576 g/mol. The highest BCUT2D eigenvalue weighted by Crippen LogP contribution is 2.44. The molecule has 2 N–H and O–H groups in total. The van der Waals surface area contributed by atoms with Gasteiger partial charge in [-0.15, -0.1) is 0 Å². The Balaban J connectivity index is 0.000000220. The van der Waals surface area contributed by atoms with Crippen molar-refractivity contribution in [2.75, 3.05) is 12.3 Å². The van der Waals surface area contributed by atoms with E-state index in [-0.39, 0.29) is 12.3 Å². The number of ketones is 2. The van der Waals surface area contributed by atoms with Crippen molar-refractivity contribution in [3.8, 4) is 0 Å². The molecule has 40 heavy (non-hydrogen) atoms. The van der Waals surface area contributed by atoms with Gasteiger partial charge in [0.15, 0.2) is 11.6 Å². The van der Waals surface area contributed by atoms with Crippen molar-refractivity contribution >= 4 is 47.1 Å². The second kappa shape index (κ2) is 14.3. The fourth-order valence-electron chi connectivity index (χ4n) is 4.04. The lowest BCUT2D eigenvalue weighted by Gasteiger charge is -2.19. The molecule has 208 valence electrons. The van der Waals surface area contributed by atoms with E-state index in [4.69, 9.17) is 0 Å². The van der Waals surface area contributed by atoms with Crippen LogP contribution in [-0.2, 0) is 18.7 Å². The summed E-state index contributed by atoms with van der Waals surface area (Å²) in [5.41, 5.74) is 0. The first-order valence-corrected chi connectivity index (χ1v) is 16.7. The van der Waals surface area contributed by atoms with Gasteiger partial charge in [-0.05, 0) is 13.8 Å². The van der Waals surface area contributed by atoms with Crippen molar-refractivity contribution < 1.29 is 28.9 Å². The van der Waals surface area contributed by atoms with E-state index in [1.807, 2.05) is 24.3 Å². The predicted molar refractivity (Wildman–Crippen MR) is 163 cm³/mol. The zero-order valence-electron chi connectivity index (χ0n) is 22.5.